The smallest absolute Gasteiger partial charge is 0.477 e. The Hall–Kier alpha value is -0.840. The van der Waals surface area contributed by atoms with Gasteiger partial charge in [-0.15, -0.1) is 0 Å². The van der Waals surface area contributed by atoms with Crippen LogP contribution in [0.25, 0.3) is 0 Å². The molecule has 0 atom stereocenters. The predicted octanol–water partition coefficient (Wildman–Crippen LogP) is 0.491. The molecular weight excluding hydrogens is 126 g/mol. The first-order valence-corrected chi connectivity index (χ1v) is 2.54. The monoisotopic (exact) mass is 137 g/mol. The Morgan fingerprint density at radius 3 is 1.78 bits per heavy atom. The molecule has 1 N–H and O–H groups in total. The van der Waals surface area contributed by atoms with E-state index in [1.807, 2.05) is 0 Å². The molecule has 56 valence electrons. The summed E-state index contributed by atoms with van der Waals surface area (Å²) in [6.07, 6.45) is 0. The minimum Gasteiger partial charge on any atom is -0.870 e. The molecule has 0 spiro atoms. The zero-order chi connectivity index (χ0) is 6.41. The number of nitrogens with zero attached hydrogens (tertiary/aromatic N) is 1. The molecule has 0 aromatic carbocycles. The van der Waals surface area contributed by atoms with Crippen molar-refractivity contribution < 1.29 is 20.2 Å². The molecular formula is C4H11NO4. The maximum atomic E-state index is 10.1. The van der Waals surface area contributed by atoms with E-state index in [2.05, 4.69) is 9.68 Å². The third-order valence-corrected chi connectivity index (χ3v) is 0.469. The van der Waals surface area contributed by atoms with Crippen LogP contribution in [-0.2, 0) is 9.68 Å². The Morgan fingerprint density at radius 2 is 1.56 bits per heavy atom. The van der Waals surface area contributed by atoms with Crippen LogP contribution in [0.4, 0.5) is 0 Å². The molecule has 0 aliphatic carbocycles. The van der Waals surface area contributed by atoms with Crippen LogP contribution in [0.2, 0.25) is 0 Å². The minimum absolute atomic E-state index is 0. The predicted molar refractivity (Wildman–Crippen MR) is 28.8 cm³/mol. The first kappa shape index (κ1) is 11.0. The van der Waals surface area contributed by atoms with Crippen molar-refractivity contribution in [3.8, 4) is 0 Å². The van der Waals surface area contributed by atoms with Gasteiger partial charge in [-0.3, -0.25) is 0 Å². The molecule has 0 bridgehead atoms. The molecule has 9 heavy (non-hydrogen) atoms. The van der Waals surface area contributed by atoms with Crippen LogP contribution in [0, 0.1) is 4.91 Å². The quantitative estimate of drug-likeness (QED) is 0.529. The number of hydrogen-bond donors (Lipinski definition) is 0. The van der Waals surface area contributed by atoms with E-state index in [1.165, 1.54) is 0 Å². The van der Waals surface area contributed by atoms with Gasteiger partial charge in [0.1, 0.15) is 4.91 Å². The van der Waals surface area contributed by atoms with Crippen molar-refractivity contribution in [2.45, 2.75) is 13.8 Å². The molecule has 0 radical (unpaired) electrons. The highest BCUT2D eigenvalue weighted by Crippen LogP contribution is 1.77. The highest BCUT2D eigenvalue weighted by molar-refractivity contribution is 3.93. The van der Waals surface area contributed by atoms with Gasteiger partial charge in [0.05, 0.1) is 0 Å². The average molecular weight is 137 g/mol. The molecule has 0 aromatic rings. The summed E-state index contributed by atoms with van der Waals surface area (Å²) in [5.74, 6) is 0. The van der Waals surface area contributed by atoms with E-state index < -0.39 is 0 Å². The molecule has 0 fully saturated rings. The molecule has 0 heterocycles. The van der Waals surface area contributed by atoms with Crippen LogP contribution < -0.4 is 0 Å². The average Bonchev–Trinajstić information content (AvgIpc) is 1.68. The molecule has 0 aromatic heterocycles. The lowest BCUT2D eigenvalue weighted by Gasteiger charge is -1.84. The van der Waals surface area contributed by atoms with Gasteiger partial charge in [-0.05, 0) is 13.8 Å². The zero-order valence-corrected chi connectivity index (χ0v) is 5.53. The van der Waals surface area contributed by atoms with E-state index in [-0.39, 0.29) is 10.6 Å². The van der Waals surface area contributed by atoms with Gasteiger partial charge in [0.2, 0.25) is 0 Å². The van der Waals surface area contributed by atoms with Gasteiger partial charge in [-0.2, -0.15) is 9.68 Å². The second kappa shape index (κ2) is 7.16. The second-order valence-corrected chi connectivity index (χ2v) is 1.06. The van der Waals surface area contributed by atoms with Crippen molar-refractivity contribution in [1.82, 2.24) is 0 Å². The van der Waals surface area contributed by atoms with E-state index in [0.717, 1.165) is 0 Å². The summed E-state index contributed by atoms with van der Waals surface area (Å²) in [7, 11) is 0. The van der Waals surface area contributed by atoms with Crippen molar-refractivity contribution in [3.63, 3.8) is 0 Å². The van der Waals surface area contributed by atoms with Crippen molar-refractivity contribution in [2.24, 2.45) is 0 Å². The lowest BCUT2D eigenvalue weighted by molar-refractivity contribution is -0.980. The standard InChI is InChI=1S/C4H10NO3.H2O/c1-3-7-5(6)8-4-2;/h3-4H2,1-2H3;1H2/q+1;/p-1. The van der Waals surface area contributed by atoms with Gasteiger partial charge < -0.3 is 5.48 Å². The molecule has 0 rings (SSSR count). The minimum atomic E-state index is 0. The van der Waals surface area contributed by atoms with E-state index in [1.54, 1.807) is 13.8 Å². The normalized spacial score (nSPS) is 7.33. The lowest BCUT2D eigenvalue weighted by Crippen LogP contribution is -2.09. The van der Waals surface area contributed by atoms with Crippen LogP contribution >= 0.6 is 0 Å². The fraction of sp³-hybridized carbons (Fsp3) is 1.00. The molecule has 0 unspecified atom stereocenters. The third-order valence-electron chi connectivity index (χ3n) is 0.469. The summed E-state index contributed by atoms with van der Waals surface area (Å²) >= 11 is 0. The van der Waals surface area contributed by atoms with Gasteiger partial charge >= 0.3 is 5.09 Å². The fourth-order valence-electron chi connectivity index (χ4n) is 0.248. The van der Waals surface area contributed by atoms with Crippen LogP contribution in [0.3, 0.4) is 0 Å². The fourth-order valence-corrected chi connectivity index (χ4v) is 0.248. The Balaban J connectivity index is 0. The molecule has 0 aliphatic heterocycles. The van der Waals surface area contributed by atoms with Gasteiger partial charge in [-0.1, -0.05) is 0 Å². The maximum Gasteiger partial charge on any atom is 0.477 e. The zero-order valence-electron chi connectivity index (χ0n) is 5.53. The largest absolute Gasteiger partial charge is 0.870 e. The third kappa shape index (κ3) is 7.16. The van der Waals surface area contributed by atoms with Crippen molar-refractivity contribution in [1.29, 1.82) is 0 Å². The van der Waals surface area contributed by atoms with Gasteiger partial charge in [0.25, 0.3) is 0 Å². The molecule has 0 saturated heterocycles. The Labute approximate surface area is 53.4 Å². The van der Waals surface area contributed by atoms with E-state index in [0.29, 0.717) is 13.2 Å². The molecule has 5 heteroatoms. The van der Waals surface area contributed by atoms with E-state index in [9.17, 15) is 4.91 Å². The summed E-state index contributed by atoms with van der Waals surface area (Å²) in [4.78, 5) is 18.8. The van der Waals surface area contributed by atoms with Crippen molar-refractivity contribution in [3.05, 3.63) is 4.91 Å². The van der Waals surface area contributed by atoms with Crippen molar-refractivity contribution >= 4 is 0 Å². The first-order chi connectivity index (χ1) is 3.81. The van der Waals surface area contributed by atoms with Crippen LogP contribution in [-0.4, -0.2) is 23.8 Å². The molecule has 5 nitrogen and oxygen atoms in total. The number of hydrogen-bond acceptors (Lipinski definition) is 4. The molecule has 0 aliphatic rings. The van der Waals surface area contributed by atoms with Gasteiger partial charge in [0.15, 0.2) is 13.2 Å². The summed E-state index contributed by atoms with van der Waals surface area (Å²) < 4.78 is 0. The van der Waals surface area contributed by atoms with Crippen LogP contribution in [0.1, 0.15) is 13.8 Å². The molecule has 0 amide bonds. The Morgan fingerprint density at radius 1 is 1.22 bits per heavy atom. The topological polar surface area (TPSA) is 68.5 Å². The van der Waals surface area contributed by atoms with Crippen LogP contribution in [0.15, 0.2) is 0 Å². The summed E-state index contributed by atoms with van der Waals surface area (Å²) in [6, 6.07) is 0. The molecule has 0 saturated carbocycles. The first-order valence-electron chi connectivity index (χ1n) is 2.54. The highest BCUT2D eigenvalue weighted by Gasteiger charge is 2.05. The highest BCUT2D eigenvalue weighted by atomic mass is 17.0. The summed E-state index contributed by atoms with van der Waals surface area (Å²) in [6.45, 7) is 4.10. The summed E-state index contributed by atoms with van der Waals surface area (Å²) in [5, 5.41) is 0.111. The number of rotatable bonds is 4. The Bertz CT molecular complexity index is 67.0. The van der Waals surface area contributed by atoms with Gasteiger partial charge in [-0.25, -0.2) is 0 Å². The van der Waals surface area contributed by atoms with Gasteiger partial charge in [0, 0.05) is 0 Å². The Kier molecular flexibility index (Phi) is 8.77. The maximum absolute atomic E-state index is 10.1. The summed E-state index contributed by atoms with van der Waals surface area (Å²) in [5.41, 5.74) is 0. The van der Waals surface area contributed by atoms with E-state index in [4.69, 9.17) is 0 Å². The van der Waals surface area contributed by atoms with Crippen LogP contribution in [0.5, 0.6) is 0 Å². The SMILES string of the molecule is CCO[N+](=O)OCC.[OH-]. The van der Waals surface area contributed by atoms with E-state index >= 15 is 0 Å². The lowest BCUT2D eigenvalue weighted by atomic mass is 10.9. The second-order valence-electron chi connectivity index (χ2n) is 1.06. The van der Waals surface area contributed by atoms with Crippen molar-refractivity contribution in [2.75, 3.05) is 13.2 Å².